The average Bonchev–Trinajstić information content (AvgIpc) is 2.66. The Labute approximate surface area is 154 Å². The van der Waals surface area contributed by atoms with Crippen molar-refractivity contribution in [2.45, 2.75) is 58.6 Å². The van der Waals surface area contributed by atoms with Gasteiger partial charge in [-0.05, 0) is 38.0 Å². The van der Waals surface area contributed by atoms with Crippen LogP contribution in [0.15, 0.2) is 12.4 Å². The molecule has 1 N–H and O–H groups in total. The second kappa shape index (κ2) is 7.70. The van der Waals surface area contributed by atoms with E-state index in [1.807, 2.05) is 18.7 Å². The van der Waals surface area contributed by atoms with E-state index in [0.29, 0.717) is 39.0 Å². The third kappa shape index (κ3) is 4.03. The number of piperidine rings is 2. The molecule has 142 valence electrons. The number of aryl methyl sites for hydroxylation is 1. The number of nitrogens with zero attached hydrogens (tertiary/aromatic N) is 4. The van der Waals surface area contributed by atoms with Crippen LogP contribution in [0.25, 0.3) is 0 Å². The molecule has 1 aromatic heterocycles. The molecule has 3 rings (SSSR count). The molecule has 26 heavy (non-hydrogen) atoms. The molecule has 1 atom stereocenters. The Morgan fingerprint density at radius 3 is 2.62 bits per heavy atom. The van der Waals surface area contributed by atoms with E-state index in [4.69, 9.17) is 0 Å². The Balaban J connectivity index is 1.62. The molecule has 0 saturated carbocycles. The van der Waals surface area contributed by atoms with Crippen molar-refractivity contribution in [3.63, 3.8) is 0 Å². The molecular formula is C19H28N4O3. The standard InChI is InChI=1S/C19H28N4O3/c1-3-16(24)18(26)22-8-6-19(7-9-22)5-4-17(25)23(13-19)12-15-11-20-14(2)10-21-15/h10-11,16,24H,3-9,12-13H2,1-2H3. The maximum absolute atomic E-state index is 12.4. The van der Waals surface area contributed by atoms with Gasteiger partial charge in [0, 0.05) is 32.3 Å². The number of rotatable bonds is 4. The van der Waals surface area contributed by atoms with Crippen molar-refractivity contribution in [1.29, 1.82) is 0 Å². The van der Waals surface area contributed by atoms with E-state index in [9.17, 15) is 14.7 Å². The maximum Gasteiger partial charge on any atom is 0.251 e. The fraction of sp³-hybridized carbons (Fsp3) is 0.684. The molecule has 2 fully saturated rings. The molecule has 7 heteroatoms. The summed E-state index contributed by atoms with van der Waals surface area (Å²) in [5, 5.41) is 9.78. The highest BCUT2D eigenvalue weighted by atomic mass is 16.3. The summed E-state index contributed by atoms with van der Waals surface area (Å²) in [6.45, 7) is 6.21. The monoisotopic (exact) mass is 360 g/mol. The van der Waals surface area contributed by atoms with Crippen LogP contribution >= 0.6 is 0 Å². The first-order valence-electron chi connectivity index (χ1n) is 9.44. The summed E-state index contributed by atoms with van der Waals surface area (Å²) in [7, 11) is 0. The van der Waals surface area contributed by atoms with Gasteiger partial charge in [0.15, 0.2) is 0 Å². The van der Waals surface area contributed by atoms with E-state index in [1.54, 1.807) is 17.3 Å². The third-order valence-corrected chi connectivity index (χ3v) is 5.74. The van der Waals surface area contributed by atoms with Crippen LogP contribution in [0.5, 0.6) is 0 Å². The van der Waals surface area contributed by atoms with Gasteiger partial charge in [-0.2, -0.15) is 0 Å². The summed E-state index contributed by atoms with van der Waals surface area (Å²) in [5.74, 6) is -0.000988. The van der Waals surface area contributed by atoms with Crippen molar-refractivity contribution in [2.24, 2.45) is 5.41 Å². The summed E-state index contributed by atoms with van der Waals surface area (Å²) < 4.78 is 0. The molecule has 1 aromatic rings. The number of carbonyl (C=O) groups excluding carboxylic acids is 2. The van der Waals surface area contributed by atoms with Gasteiger partial charge in [0.1, 0.15) is 6.10 Å². The van der Waals surface area contributed by atoms with Crippen LogP contribution in [0.1, 0.15) is 50.4 Å². The van der Waals surface area contributed by atoms with E-state index in [1.165, 1.54) is 0 Å². The topological polar surface area (TPSA) is 86.6 Å². The SMILES string of the molecule is CCC(O)C(=O)N1CCC2(CCC(=O)N(Cc3cnc(C)cn3)C2)CC1. The van der Waals surface area contributed by atoms with Gasteiger partial charge in [0.25, 0.3) is 5.91 Å². The molecule has 1 unspecified atom stereocenters. The van der Waals surface area contributed by atoms with Gasteiger partial charge < -0.3 is 14.9 Å². The van der Waals surface area contributed by atoms with Crippen LogP contribution < -0.4 is 0 Å². The molecule has 0 aromatic carbocycles. The lowest BCUT2D eigenvalue weighted by atomic mass is 9.72. The second-order valence-electron chi connectivity index (χ2n) is 7.65. The molecule has 2 amide bonds. The Bertz CT molecular complexity index is 653. The molecule has 2 aliphatic heterocycles. The van der Waals surface area contributed by atoms with Crippen LogP contribution in [0.3, 0.4) is 0 Å². The Kier molecular flexibility index (Phi) is 5.55. The Morgan fingerprint density at radius 2 is 2.00 bits per heavy atom. The number of aliphatic hydroxyl groups excluding tert-OH is 1. The first-order chi connectivity index (χ1) is 12.4. The number of hydrogen-bond donors (Lipinski definition) is 1. The fourth-order valence-electron chi connectivity index (χ4n) is 3.94. The molecule has 0 radical (unpaired) electrons. The van der Waals surface area contributed by atoms with Gasteiger partial charge >= 0.3 is 0 Å². The van der Waals surface area contributed by atoms with E-state index >= 15 is 0 Å². The number of carbonyl (C=O) groups is 2. The Morgan fingerprint density at radius 1 is 1.27 bits per heavy atom. The second-order valence-corrected chi connectivity index (χ2v) is 7.65. The van der Waals surface area contributed by atoms with Gasteiger partial charge in [0.2, 0.25) is 5.91 Å². The minimum absolute atomic E-state index is 0.0694. The average molecular weight is 360 g/mol. The molecule has 7 nitrogen and oxygen atoms in total. The molecule has 1 spiro atoms. The third-order valence-electron chi connectivity index (χ3n) is 5.74. The smallest absolute Gasteiger partial charge is 0.251 e. The van der Waals surface area contributed by atoms with Crippen LogP contribution in [-0.2, 0) is 16.1 Å². The first kappa shape index (κ1) is 18.8. The zero-order valence-corrected chi connectivity index (χ0v) is 15.6. The summed E-state index contributed by atoms with van der Waals surface area (Å²) >= 11 is 0. The molecule has 0 bridgehead atoms. The predicted octanol–water partition coefficient (Wildman–Crippen LogP) is 1.29. The van der Waals surface area contributed by atoms with Crippen LogP contribution in [0.2, 0.25) is 0 Å². The number of likely N-dealkylation sites (tertiary alicyclic amines) is 2. The van der Waals surface area contributed by atoms with Gasteiger partial charge in [-0.15, -0.1) is 0 Å². The number of aromatic nitrogens is 2. The van der Waals surface area contributed by atoms with Crippen molar-refractivity contribution < 1.29 is 14.7 Å². The zero-order chi connectivity index (χ0) is 18.7. The number of amides is 2. The molecular weight excluding hydrogens is 332 g/mol. The van der Waals surface area contributed by atoms with Crippen LogP contribution in [-0.4, -0.2) is 62.4 Å². The normalized spacial score (nSPS) is 21.1. The lowest BCUT2D eigenvalue weighted by molar-refractivity contribution is -0.147. The van der Waals surface area contributed by atoms with Gasteiger partial charge in [0.05, 0.1) is 24.1 Å². The highest BCUT2D eigenvalue weighted by molar-refractivity contribution is 5.80. The quantitative estimate of drug-likeness (QED) is 0.874. The largest absolute Gasteiger partial charge is 0.383 e. The maximum atomic E-state index is 12.4. The van der Waals surface area contributed by atoms with Crippen molar-refractivity contribution in [3.8, 4) is 0 Å². The van der Waals surface area contributed by atoms with Crippen LogP contribution in [0.4, 0.5) is 0 Å². The Hall–Kier alpha value is -2.02. The fourth-order valence-corrected chi connectivity index (χ4v) is 3.94. The van der Waals surface area contributed by atoms with E-state index in [0.717, 1.165) is 30.7 Å². The first-order valence-corrected chi connectivity index (χ1v) is 9.44. The molecule has 2 aliphatic rings. The van der Waals surface area contributed by atoms with Crippen molar-refractivity contribution in [1.82, 2.24) is 19.8 Å². The minimum Gasteiger partial charge on any atom is -0.383 e. The van der Waals surface area contributed by atoms with E-state index in [-0.39, 0.29) is 17.2 Å². The molecule has 2 saturated heterocycles. The lowest BCUT2D eigenvalue weighted by Gasteiger charge is -2.47. The minimum atomic E-state index is -0.895. The molecule has 0 aliphatic carbocycles. The van der Waals surface area contributed by atoms with E-state index in [2.05, 4.69) is 9.97 Å². The number of aliphatic hydroxyl groups is 1. The highest BCUT2D eigenvalue weighted by Gasteiger charge is 2.42. The van der Waals surface area contributed by atoms with Gasteiger partial charge in [-0.1, -0.05) is 6.92 Å². The summed E-state index contributed by atoms with van der Waals surface area (Å²) in [4.78, 5) is 36.8. The van der Waals surface area contributed by atoms with Crippen LogP contribution in [0, 0.1) is 12.3 Å². The predicted molar refractivity (Wildman–Crippen MR) is 96.0 cm³/mol. The number of hydrogen-bond acceptors (Lipinski definition) is 5. The van der Waals surface area contributed by atoms with Gasteiger partial charge in [-0.25, -0.2) is 0 Å². The molecule has 3 heterocycles. The van der Waals surface area contributed by atoms with Crippen molar-refractivity contribution >= 4 is 11.8 Å². The summed E-state index contributed by atoms with van der Waals surface area (Å²) in [6.07, 6.45) is 6.18. The summed E-state index contributed by atoms with van der Waals surface area (Å²) in [5.41, 5.74) is 1.74. The van der Waals surface area contributed by atoms with E-state index < -0.39 is 6.10 Å². The van der Waals surface area contributed by atoms with Crippen molar-refractivity contribution in [3.05, 3.63) is 23.8 Å². The zero-order valence-electron chi connectivity index (χ0n) is 15.6. The van der Waals surface area contributed by atoms with Crippen molar-refractivity contribution in [2.75, 3.05) is 19.6 Å². The van der Waals surface area contributed by atoms with Gasteiger partial charge in [-0.3, -0.25) is 19.6 Å². The highest BCUT2D eigenvalue weighted by Crippen LogP contribution is 2.40. The summed E-state index contributed by atoms with van der Waals surface area (Å²) in [6, 6.07) is 0. The lowest BCUT2D eigenvalue weighted by Crippen LogP contribution is -2.53.